The van der Waals surface area contributed by atoms with Crippen LogP contribution in [0.3, 0.4) is 0 Å². The zero-order valence-electron chi connectivity index (χ0n) is 14.0. The summed E-state index contributed by atoms with van der Waals surface area (Å²) in [5.41, 5.74) is 0.152. The first-order chi connectivity index (χ1) is 10.7. The Hall–Kier alpha value is -2.08. The third kappa shape index (κ3) is 4.01. The lowest BCUT2D eigenvalue weighted by atomic mass is 9.95. The number of para-hydroxylation sites is 1. The number of hydrogen-bond acceptors (Lipinski definition) is 4. The van der Waals surface area contributed by atoms with Crippen LogP contribution in [0.1, 0.15) is 44.0 Å². The lowest BCUT2D eigenvalue weighted by Gasteiger charge is -2.24. The fraction of sp³-hybridized carbons (Fsp3) is 0.529. The molecule has 2 rings (SSSR count). The number of carbonyl (C=O) groups is 1. The number of oxazole rings is 1. The van der Waals surface area contributed by atoms with Crippen molar-refractivity contribution in [2.45, 2.75) is 39.2 Å². The summed E-state index contributed by atoms with van der Waals surface area (Å²) in [6.45, 7) is 6.03. The van der Waals surface area contributed by atoms with E-state index in [1.165, 1.54) is 4.57 Å². The smallest absolute Gasteiger partial charge is 0.407 e. The average molecular weight is 320 g/mol. The Balaban J connectivity index is 2.13. The van der Waals surface area contributed by atoms with E-state index in [2.05, 4.69) is 19.2 Å². The number of rotatable bonds is 6. The van der Waals surface area contributed by atoms with E-state index in [9.17, 15) is 14.7 Å². The van der Waals surface area contributed by atoms with Gasteiger partial charge in [-0.2, -0.15) is 0 Å². The average Bonchev–Trinajstić information content (AvgIpc) is 2.78. The van der Waals surface area contributed by atoms with Gasteiger partial charge in [0.25, 0.3) is 5.91 Å². The summed E-state index contributed by atoms with van der Waals surface area (Å²) in [4.78, 5) is 24.0. The van der Waals surface area contributed by atoms with E-state index in [1.54, 1.807) is 32.2 Å². The fourth-order valence-electron chi connectivity index (χ4n) is 2.38. The molecule has 0 aliphatic carbocycles. The Labute approximate surface area is 135 Å². The minimum Gasteiger partial charge on any atom is -0.407 e. The van der Waals surface area contributed by atoms with Gasteiger partial charge in [-0.1, -0.05) is 19.9 Å². The van der Waals surface area contributed by atoms with Gasteiger partial charge in [-0.15, -0.1) is 0 Å². The zero-order chi connectivity index (χ0) is 17.2. The number of carbonyl (C=O) groups excluding carboxylic acids is 1. The molecule has 0 spiro atoms. The van der Waals surface area contributed by atoms with Gasteiger partial charge in [0.15, 0.2) is 5.58 Å². The molecule has 1 aromatic carbocycles. The molecular formula is C17H24N2O4. The van der Waals surface area contributed by atoms with Gasteiger partial charge in [-0.25, -0.2) is 4.79 Å². The van der Waals surface area contributed by atoms with Gasteiger partial charge in [-0.05, 0) is 37.8 Å². The van der Waals surface area contributed by atoms with Crippen molar-refractivity contribution in [3.63, 3.8) is 0 Å². The van der Waals surface area contributed by atoms with Crippen LogP contribution in [-0.4, -0.2) is 27.7 Å². The van der Waals surface area contributed by atoms with E-state index in [-0.39, 0.29) is 18.0 Å². The van der Waals surface area contributed by atoms with Crippen LogP contribution in [0.4, 0.5) is 0 Å². The van der Waals surface area contributed by atoms with Crippen LogP contribution in [0, 0.1) is 5.92 Å². The van der Waals surface area contributed by atoms with Crippen LogP contribution in [-0.2, 0) is 7.05 Å². The first kappa shape index (κ1) is 17.3. The largest absolute Gasteiger partial charge is 0.419 e. The van der Waals surface area contributed by atoms with Crippen molar-refractivity contribution in [2.24, 2.45) is 13.0 Å². The maximum Gasteiger partial charge on any atom is 0.419 e. The zero-order valence-corrected chi connectivity index (χ0v) is 14.0. The molecule has 0 aliphatic rings. The Morgan fingerprint density at radius 1 is 1.43 bits per heavy atom. The molecule has 0 radical (unpaired) electrons. The highest BCUT2D eigenvalue weighted by molar-refractivity contribution is 6.04. The topological polar surface area (TPSA) is 84.5 Å². The summed E-state index contributed by atoms with van der Waals surface area (Å²) in [6, 6.07) is 5.02. The molecule has 0 bridgehead atoms. The van der Waals surface area contributed by atoms with Crippen LogP contribution in [0.2, 0.25) is 0 Å². The second kappa shape index (κ2) is 6.58. The van der Waals surface area contributed by atoms with Gasteiger partial charge in [0.05, 0.1) is 16.7 Å². The molecular weight excluding hydrogens is 296 g/mol. The molecule has 6 nitrogen and oxygen atoms in total. The number of hydrogen-bond donors (Lipinski definition) is 2. The third-order valence-electron chi connectivity index (χ3n) is 3.95. The molecule has 126 valence electrons. The van der Waals surface area contributed by atoms with E-state index >= 15 is 0 Å². The molecule has 0 saturated heterocycles. The molecule has 1 amide bonds. The van der Waals surface area contributed by atoms with E-state index < -0.39 is 11.4 Å². The summed E-state index contributed by atoms with van der Waals surface area (Å²) >= 11 is 0. The van der Waals surface area contributed by atoms with Crippen molar-refractivity contribution in [2.75, 3.05) is 6.54 Å². The lowest BCUT2D eigenvalue weighted by molar-refractivity contribution is 0.0429. The summed E-state index contributed by atoms with van der Waals surface area (Å²) < 4.78 is 6.50. The van der Waals surface area contributed by atoms with Crippen LogP contribution in [0.15, 0.2) is 27.4 Å². The Morgan fingerprint density at radius 3 is 2.78 bits per heavy atom. The molecule has 0 saturated carbocycles. The van der Waals surface area contributed by atoms with Crippen molar-refractivity contribution in [3.8, 4) is 0 Å². The minimum atomic E-state index is -0.967. The predicted molar refractivity (Wildman–Crippen MR) is 88.5 cm³/mol. The highest BCUT2D eigenvalue weighted by Crippen LogP contribution is 2.18. The number of fused-ring (bicyclic) bond motifs is 1. The molecule has 0 aliphatic heterocycles. The maximum atomic E-state index is 12.4. The molecule has 2 N–H and O–H groups in total. The number of aromatic nitrogens is 1. The monoisotopic (exact) mass is 320 g/mol. The van der Waals surface area contributed by atoms with Crippen LogP contribution >= 0.6 is 0 Å². The van der Waals surface area contributed by atoms with Gasteiger partial charge in [0.2, 0.25) is 0 Å². The van der Waals surface area contributed by atoms with Crippen molar-refractivity contribution < 1.29 is 14.3 Å². The number of aryl methyl sites for hydroxylation is 1. The van der Waals surface area contributed by atoms with Crippen LogP contribution < -0.4 is 11.1 Å². The predicted octanol–water partition coefficient (Wildman–Crippen LogP) is 2.05. The third-order valence-corrected chi connectivity index (χ3v) is 3.95. The molecule has 2 aromatic rings. The van der Waals surface area contributed by atoms with Crippen molar-refractivity contribution >= 4 is 17.0 Å². The SMILES string of the molecule is CC(C)CCC(C)(O)CNC(=O)c1cccc2c1oc(=O)n2C. The van der Waals surface area contributed by atoms with Gasteiger partial charge in [-0.3, -0.25) is 9.36 Å². The summed E-state index contributed by atoms with van der Waals surface area (Å²) in [5.74, 6) is -0.386. The molecule has 1 heterocycles. The Morgan fingerprint density at radius 2 is 2.13 bits per heavy atom. The van der Waals surface area contributed by atoms with Gasteiger partial charge >= 0.3 is 5.76 Å². The first-order valence-electron chi connectivity index (χ1n) is 7.80. The summed E-state index contributed by atoms with van der Waals surface area (Å²) in [6.07, 6.45) is 1.49. The second-order valence-corrected chi connectivity index (χ2v) is 6.69. The minimum absolute atomic E-state index is 0.145. The van der Waals surface area contributed by atoms with Crippen molar-refractivity contribution in [1.29, 1.82) is 0 Å². The van der Waals surface area contributed by atoms with Gasteiger partial charge in [0, 0.05) is 13.6 Å². The number of nitrogens with one attached hydrogen (secondary N) is 1. The van der Waals surface area contributed by atoms with Crippen molar-refractivity contribution in [1.82, 2.24) is 9.88 Å². The highest BCUT2D eigenvalue weighted by Gasteiger charge is 2.23. The molecule has 1 aromatic heterocycles. The van der Waals surface area contributed by atoms with E-state index in [1.807, 2.05) is 0 Å². The number of nitrogens with zero attached hydrogens (tertiary/aromatic N) is 1. The quantitative estimate of drug-likeness (QED) is 0.853. The molecule has 1 unspecified atom stereocenters. The molecule has 0 fully saturated rings. The summed E-state index contributed by atoms with van der Waals surface area (Å²) in [5, 5.41) is 13.1. The number of amides is 1. The summed E-state index contributed by atoms with van der Waals surface area (Å²) in [7, 11) is 1.59. The second-order valence-electron chi connectivity index (χ2n) is 6.69. The van der Waals surface area contributed by atoms with Crippen LogP contribution in [0.5, 0.6) is 0 Å². The van der Waals surface area contributed by atoms with E-state index in [0.29, 0.717) is 23.4 Å². The van der Waals surface area contributed by atoms with Gasteiger partial charge in [0.1, 0.15) is 0 Å². The molecule has 6 heteroatoms. The number of benzene rings is 1. The highest BCUT2D eigenvalue weighted by atomic mass is 16.4. The standard InChI is InChI=1S/C17H24N2O4/c1-11(2)8-9-17(3,22)10-18-15(20)12-6-5-7-13-14(12)23-16(21)19(13)4/h5-7,11,22H,8-10H2,1-4H3,(H,18,20). The Kier molecular flexibility index (Phi) is 4.94. The molecule has 1 atom stereocenters. The van der Waals surface area contributed by atoms with Crippen LogP contribution in [0.25, 0.3) is 11.1 Å². The van der Waals surface area contributed by atoms with Crippen molar-refractivity contribution in [3.05, 3.63) is 34.3 Å². The lowest BCUT2D eigenvalue weighted by Crippen LogP contribution is -2.40. The fourth-order valence-corrected chi connectivity index (χ4v) is 2.38. The molecule has 23 heavy (non-hydrogen) atoms. The first-order valence-corrected chi connectivity index (χ1v) is 7.80. The van der Waals surface area contributed by atoms with Gasteiger partial charge < -0.3 is 14.8 Å². The van der Waals surface area contributed by atoms with E-state index in [0.717, 1.165) is 6.42 Å². The van der Waals surface area contributed by atoms with E-state index in [4.69, 9.17) is 4.42 Å². The Bertz CT molecular complexity index is 756. The number of aliphatic hydroxyl groups is 1. The maximum absolute atomic E-state index is 12.4. The normalized spacial score (nSPS) is 14.2.